The molecule has 0 spiro atoms. The van der Waals surface area contributed by atoms with Crippen molar-refractivity contribution >= 4 is 11.7 Å². The monoisotopic (exact) mass is 342 g/mol. The first kappa shape index (κ1) is 21.4. The van der Waals surface area contributed by atoms with Crippen molar-refractivity contribution in [3.05, 3.63) is 42.0 Å². The van der Waals surface area contributed by atoms with Crippen LogP contribution in [0.25, 0.3) is 0 Å². The Morgan fingerprint density at radius 1 is 1.32 bits per heavy atom. The minimum atomic E-state index is -0.195. The quantitative estimate of drug-likeness (QED) is 0.472. The fourth-order valence-electron chi connectivity index (χ4n) is 4.61. The van der Waals surface area contributed by atoms with Crippen LogP contribution in [0.3, 0.4) is 0 Å². The lowest BCUT2D eigenvalue weighted by Crippen LogP contribution is -2.37. The molecule has 0 saturated heterocycles. The third-order valence-corrected chi connectivity index (χ3v) is 5.71. The molecule has 0 aromatic rings. The van der Waals surface area contributed by atoms with Crippen LogP contribution in [-0.4, -0.2) is 11.7 Å². The highest BCUT2D eigenvalue weighted by molar-refractivity contribution is 5.88. The van der Waals surface area contributed by atoms with E-state index in [0.29, 0.717) is 24.3 Å². The van der Waals surface area contributed by atoms with E-state index in [-0.39, 0.29) is 30.5 Å². The highest BCUT2D eigenvalue weighted by Gasteiger charge is 2.42. The lowest BCUT2D eigenvalue weighted by molar-refractivity contribution is -0.126. The highest BCUT2D eigenvalue weighted by Crippen LogP contribution is 2.47. The van der Waals surface area contributed by atoms with Crippen molar-refractivity contribution in [3.8, 4) is 0 Å². The van der Waals surface area contributed by atoms with Gasteiger partial charge in [-0.25, -0.2) is 4.79 Å². The Morgan fingerprint density at radius 3 is 2.60 bits per heavy atom. The van der Waals surface area contributed by atoms with Gasteiger partial charge in [0, 0.05) is 12.0 Å². The smallest absolute Gasteiger partial charge is 0.141 e. The molecule has 0 aromatic heterocycles. The third-order valence-electron chi connectivity index (χ3n) is 5.71. The molecule has 3 atom stereocenters. The molecule has 0 bridgehead atoms. The zero-order valence-electron chi connectivity index (χ0n) is 15.3. The molecule has 138 valence electrons. The average molecular weight is 343 g/mol. The summed E-state index contributed by atoms with van der Waals surface area (Å²) in [4.78, 5) is 24.5. The van der Waals surface area contributed by atoms with Gasteiger partial charge < -0.3 is 0 Å². The predicted octanol–water partition coefficient (Wildman–Crippen LogP) is 5.88. The van der Waals surface area contributed by atoms with Gasteiger partial charge in [0.25, 0.3) is 0 Å². The summed E-state index contributed by atoms with van der Waals surface area (Å²) in [6.45, 7) is 10.2. The molecule has 3 unspecified atom stereocenters. The molecule has 0 radical (unpaired) electrons. The summed E-state index contributed by atoms with van der Waals surface area (Å²) in [6.07, 6.45) is 13.3. The van der Waals surface area contributed by atoms with E-state index < -0.39 is 0 Å². The molecule has 2 heteroatoms. The summed E-state index contributed by atoms with van der Waals surface area (Å²) in [7, 11) is 0. The van der Waals surface area contributed by atoms with Crippen molar-refractivity contribution in [3.63, 3.8) is 0 Å². The fourth-order valence-corrected chi connectivity index (χ4v) is 4.61. The van der Waals surface area contributed by atoms with Gasteiger partial charge in [0.05, 0.1) is 5.92 Å². The molecule has 0 aliphatic heterocycles. The zero-order chi connectivity index (χ0) is 17.7. The van der Waals surface area contributed by atoms with Gasteiger partial charge in [0.1, 0.15) is 11.7 Å². The second kappa shape index (κ2) is 9.15. The summed E-state index contributed by atoms with van der Waals surface area (Å²) in [6, 6.07) is 0. The van der Waals surface area contributed by atoms with Crippen molar-refractivity contribution in [2.45, 2.75) is 66.7 Å². The minimum absolute atomic E-state index is 0. The topological polar surface area (TPSA) is 34.1 Å². The van der Waals surface area contributed by atoms with Crippen LogP contribution in [0.15, 0.2) is 42.0 Å². The molecular weight excluding hydrogens is 308 g/mol. The number of Topliss-reactive ketones (excluding diaryl/α,β-unsaturated/α-hetero) is 1. The second-order valence-corrected chi connectivity index (χ2v) is 8.08. The number of hydrogen-bond acceptors (Lipinski definition) is 2. The van der Waals surface area contributed by atoms with E-state index >= 15 is 0 Å². The predicted molar refractivity (Wildman–Crippen MR) is 106 cm³/mol. The van der Waals surface area contributed by atoms with Crippen LogP contribution in [0.1, 0.15) is 66.7 Å². The van der Waals surface area contributed by atoms with E-state index in [2.05, 4.69) is 26.4 Å². The summed E-state index contributed by atoms with van der Waals surface area (Å²) in [5.41, 5.74) is 2.08. The summed E-state index contributed by atoms with van der Waals surface area (Å²) in [5, 5.41) is 0. The third kappa shape index (κ3) is 5.16. The van der Waals surface area contributed by atoms with Crippen molar-refractivity contribution in [1.82, 2.24) is 0 Å². The van der Waals surface area contributed by atoms with Crippen molar-refractivity contribution in [2.24, 2.45) is 23.2 Å². The van der Waals surface area contributed by atoms with Crippen molar-refractivity contribution < 1.29 is 9.59 Å². The van der Waals surface area contributed by atoms with Crippen molar-refractivity contribution in [1.29, 1.82) is 0 Å². The Balaban J connectivity index is 0.00000312. The standard InChI is InChI=1S/C22H30O2.CH4/c1-5-7-9-16(6-2)18-12-19(15-23)21(20(24)13-18)17-10-8-11-22(3,4)14-17;/h5-7,9,17-18,21H,1,8,10-14H2,2-4H3;1H4/b9-7-,16-6+;. The first-order valence-electron chi connectivity index (χ1n) is 9.13. The summed E-state index contributed by atoms with van der Waals surface area (Å²) in [5.74, 6) is 2.60. The van der Waals surface area contributed by atoms with Crippen LogP contribution in [0.2, 0.25) is 0 Å². The molecule has 2 rings (SSSR count). The van der Waals surface area contributed by atoms with Gasteiger partial charge in [-0.05, 0) is 55.4 Å². The molecule has 2 fully saturated rings. The van der Waals surface area contributed by atoms with Crippen LogP contribution in [-0.2, 0) is 9.59 Å². The molecule has 2 aliphatic carbocycles. The molecule has 0 aromatic carbocycles. The highest BCUT2D eigenvalue weighted by atomic mass is 16.1. The van der Waals surface area contributed by atoms with Gasteiger partial charge in [-0.15, -0.1) is 0 Å². The van der Waals surface area contributed by atoms with E-state index in [1.165, 1.54) is 6.42 Å². The van der Waals surface area contributed by atoms with Gasteiger partial charge in [-0.1, -0.05) is 58.6 Å². The van der Waals surface area contributed by atoms with Crippen LogP contribution < -0.4 is 0 Å². The van der Waals surface area contributed by atoms with E-state index in [1.807, 2.05) is 25.2 Å². The number of allylic oxidation sites excluding steroid dienone is 6. The number of hydrogen-bond donors (Lipinski definition) is 0. The normalized spacial score (nSPS) is 29.9. The lowest BCUT2D eigenvalue weighted by Gasteiger charge is -2.41. The van der Waals surface area contributed by atoms with Crippen LogP contribution in [0, 0.1) is 23.2 Å². The number of ketones is 1. The molecule has 2 saturated carbocycles. The number of rotatable bonds is 4. The van der Waals surface area contributed by atoms with Crippen molar-refractivity contribution in [2.75, 3.05) is 0 Å². The summed E-state index contributed by atoms with van der Waals surface area (Å²) >= 11 is 0. The van der Waals surface area contributed by atoms with Gasteiger partial charge in [-0.2, -0.15) is 0 Å². The van der Waals surface area contributed by atoms with E-state index in [4.69, 9.17) is 0 Å². The largest absolute Gasteiger partial charge is 0.299 e. The van der Waals surface area contributed by atoms with Crippen LogP contribution >= 0.6 is 0 Å². The Morgan fingerprint density at radius 2 is 2.04 bits per heavy atom. The first-order chi connectivity index (χ1) is 11.4. The zero-order valence-corrected chi connectivity index (χ0v) is 15.3. The maximum Gasteiger partial charge on any atom is 0.141 e. The fraction of sp³-hybridized carbons (Fsp3) is 0.609. The van der Waals surface area contributed by atoms with Crippen LogP contribution in [0.5, 0.6) is 0 Å². The molecular formula is C23H34O2. The number of carbonyl (C=O) groups is 1. The molecule has 0 N–H and O–H groups in total. The maximum atomic E-state index is 12.9. The number of carbonyl (C=O) groups excluding carboxylic acids is 2. The van der Waals surface area contributed by atoms with Crippen LogP contribution in [0.4, 0.5) is 0 Å². The van der Waals surface area contributed by atoms with E-state index in [0.717, 1.165) is 24.8 Å². The van der Waals surface area contributed by atoms with Gasteiger partial charge in [0.2, 0.25) is 0 Å². The second-order valence-electron chi connectivity index (χ2n) is 8.08. The van der Waals surface area contributed by atoms with Gasteiger partial charge >= 0.3 is 0 Å². The molecule has 25 heavy (non-hydrogen) atoms. The minimum Gasteiger partial charge on any atom is -0.299 e. The maximum absolute atomic E-state index is 12.9. The molecule has 2 aliphatic rings. The Hall–Kier alpha value is -1.66. The Kier molecular flexibility index (Phi) is 7.83. The molecule has 0 amide bonds. The van der Waals surface area contributed by atoms with E-state index in [9.17, 15) is 9.59 Å². The average Bonchev–Trinajstić information content (AvgIpc) is 2.54. The molecule has 0 heterocycles. The van der Waals surface area contributed by atoms with E-state index in [1.54, 1.807) is 6.08 Å². The SMILES string of the molecule is C.C=C/C=C\C(=C/C)C1CC(=O)C(C2CCCC(C)(C)C2)C(=C=O)C1. The lowest BCUT2D eigenvalue weighted by atomic mass is 9.62. The van der Waals surface area contributed by atoms with Gasteiger partial charge in [-0.3, -0.25) is 4.79 Å². The Labute approximate surface area is 153 Å². The molecule has 2 nitrogen and oxygen atoms in total. The summed E-state index contributed by atoms with van der Waals surface area (Å²) < 4.78 is 0. The first-order valence-corrected chi connectivity index (χ1v) is 9.13. The Bertz CT molecular complexity index is 600. The van der Waals surface area contributed by atoms with Gasteiger partial charge in [0.15, 0.2) is 0 Å².